The van der Waals surface area contributed by atoms with Gasteiger partial charge < -0.3 is 14.2 Å². The largest absolute Gasteiger partial charge is 0.493 e. The summed E-state index contributed by atoms with van der Waals surface area (Å²) in [5.41, 5.74) is 4.84. The number of methoxy groups -OCH3 is 2. The third-order valence-corrected chi connectivity index (χ3v) is 4.68. The Morgan fingerprint density at radius 2 is 1.77 bits per heavy atom. The zero-order valence-electron chi connectivity index (χ0n) is 17.7. The summed E-state index contributed by atoms with van der Waals surface area (Å²) < 4.78 is 16.6. The third-order valence-electron chi connectivity index (χ3n) is 4.68. The van der Waals surface area contributed by atoms with Gasteiger partial charge in [0, 0.05) is 5.56 Å². The van der Waals surface area contributed by atoms with E-state index in [2.05, 4.69) is 10.5 Å². The molecule has 3 aromatic carbocycles. The normalized spacial score (nSPS) is 10.9. The molecule has 0 bridgehead atoms. The third kappa shape index (κ3) is 4.54. The van der Waals surface area contributed by atoms with Crippen molar-refractivity contribution in [3.63, 3.8) is 0 Å². The minimum absolute atomic E-state index is 0.262. The maximum Gasteiger partial charge on any atom is 0.272 e. The van der Waals surface area contributed by atoms with Crippen molar-refractivity contribution in [2.45, 2.75) is 20.3 Å². The summed E-state index contributed by atoms with van der Waals surface area (Å²) in [6.07, 6.45) is 2.42. The first-order valence-corrected chi connectivity index (χ1v) is 9.79. The smallest absolute Gasteiger partial charge is 0.272 e. The van der Waals surface area contributed by atoms with Gasteiger partial charge in [0.25, 0.3) is 5.91 Å². The Bertz CT molecular complexity index is 1050. The molecule has 0 saturated carbocycles. The van der Waals surface area contributed by atoms with E-state index < -0.39 is 0 Å². The lowest BCUT2D eigenvalue weighted by atomic mass is 9.99. The minimum Gasteiger partial charge on any atom is -0.493 e. The van der Waals surface area contributed by atoms with E-state index in [1.54, 1.807) is 32.6 Å². The Balaban J connectivity index is 1.83. The van der Waals surface area contributed by atoms with Gasteiger partial charge in [-0.15, -0.1) is 0 Å². The van der Waals surface area contributed by atoms with E-state index in [0.29, 0.717) is 35.0 Å². The zero-order chi connectivity index (χ0) is 21.5. The molecule has 6 nitrogen and oxygen atoms in total. The molecule has 0 aliphatic heterocycles. The van der Waals surface area contributed by atoms with Crippen molar-refractivity contribution in [2.24, 2.45) is 5.10 Å². The van der Waals surface area contributed by atoms with Gasteiger partial charge >= 0.3 is 0 Å². The van der Waals surface area contributed by atoms with Crippen molar-refractivity contribution >= 4 is 22.9 Å². The summed E-state index contributed by atoms with van der Waals surface area (Å²) >= 11 is 0. The summed E-state index contributed by atoms with van der Waals surface area (Å²) in [6, 6.07) is 15.3. The molecule has 0 saturated heterocycles. The number of hydrogen-bond donors (Lipinski definition) is 1. The standard InChI is InChI=1S/C24H26N2O4/c1-5-12-30-23-20(28-3)13-17(14-21(23)29-4)15-25-26-24(27)22-16(2)10-11-18-8-6-7-9-19(18)22/h6-11,13-15H,5,12H2,1-4H3,(H,26,27)/b25-15-. The number of carbonyl (C=O) groups is 1. The second-order valence-corrected chi connectivity index (χ2v) is 6.78. The first-order valence-electron chi connectivity index (χ1n) is 9.79. The monoisotopic (exact) mass is 406 g/mol. The number of benzene rings is 3. The van der Waals surface area contributed by atoms with Crippen LogP contribution in [0.3, 0.4) is 0 Å². The van der Waals surface area contributed by atoms with Crippen LogP contribution in [0.4, 0.5) is 0 Å². The Morgan fingerprint density at radius 3 is 2.43 bits per heavy atom. The van der Waals surface area contributed by atoms with Crippen LogP contribution in [-0.4, -0.2) is 32.9 Å². The summed E-state index contributed by atoms with van der Waals surface area (Å²) in [7, 11) is 3.14. The molecule has 0 fully saturated rings. The first kappa shape index (κ1) is 21.2. The lowest BCUT2D eigenvalue weighted by Crippen LogP contribution is -2.19. The molecule has 3 aromatic rings. The van der Waals surface area contributed by atoms with Gasteiger partial charge in [-0.2, -0.15) is 5.10 Å². The topological polar surface area (TPSA) is 69.2 Å². The first-order chi connectivity index (χ1) is 14.6. The van der Waals surface area contributed by atoms with Gasteiger partial charge in [-0.05, 0) is 41.8 Å². The number of hydrogen-bond acceptors (Lipinski definition) is 5. The summed E-state index contributed by atoms with van der Waals surface area (Å²) in [5, 5.41) is 6.04. The highest BCUT2D eigenvalue weighted by Crippen LogP contribution is 2.38. The molecule has 0 radical (unpaired) electrons. The number of nitrogens with one attached hydrogen (secondary N) is 1. The number of carbonyl (C=O) groups excluding carboxylic acids is 1. The van der Waals surface area contributed by atoms with Gasteiger partial charge in [0.15, 0.2) is 11.5 Å². The fourth-order valence-corrected chi connectivity index (χ4v) is 3.22. The molecule has 0 aliphatic rings. The molecule has 0 atom stereocenters. The average molecular weight is 406 g/mol. The maximum atomic E-state index is 12.8. The van der Waals surface area contributed by atoms with Crippen LogP contribution < -0.4 is 19.6 Å². The van der Waals surface area contributed by atoms with E-state index in [9.17, 15) is 4.79 Å². The molecule has 0 aliphatic carbocycles. The minimum atomic E-state index is -0.262. The molecule has 1 N–H and O–H groups in total. The Kier molecular flexibility index (Phi) is 6.91. The van der Waals surface area contributed by atoms with Gasteiger partial charge in [0.1, 0.15) is 0 Å². The van der Waals surface area contributed by atoms with Crippen molar-refractivity contribution in [2.75, 3.05) is 20.8 Å². The molecule has 0 aromatic heterocycles. The van der Waals surface area contributed by atoms with Gasteiger partial charge in [0.05, 0.1) is 32.6 Å². The number of aryl methyl sites for hydroxylation is 1. The Morgan fingerprint density at radius 1 is 1.07 bits per heavy atom. The molecule has 0 unspecified atom stereocenters. The highest BCUT2D eigenvalue weighted by atomic mass is 16.5. The molecule has 1 amide bonds. The van der Waals surface area contributed by atoms with Gasteiger partial charge in [-0.25, -0.2) is 5.43 Å². The zero-order valence-corrected chi connectivity index (χ0v) is 17.7. The van der Waals surface area contributed by atoms with Crippen LogP contribution in [0, 0.1) is 6.92 Å². The van der Waals surface area contributed by atoms with E-state index in [4.69, 9.17) is 14.2 Å². The van der Waals surface area contributed by atoms with E-state index in [-0.39, 0.29) is 5.91 Å². The van der Waals surface area contributed by atoms with Crippen molar-refractivity contribution < 1.29 is 19.0 Å². The van der Waals surface area contributed by atoms with Gasteiger partial charge in [0.2, 0.25) is 5.75 Å². The van der Waals surface area contributed by atoms with E-state index in [1.165, 1.54) is 0 Å². The van der Waals surface area contributed by atoms with E-state index >= 15 is 0 Å². The SMILES string of the molecule is CCCOc1c(OC)cc(/C=N\NC(=O)c2c(C)ccc3ccccc23)cc1OC. The second-order valence-electron chi connectivity index (χ2n) is 6.78. The van der Waals surface area contributed by atoms with Crippen LogP contribution in [0.5, 0.6) is 17.2 Å². The highest BCUT2D eigenvalue weighted by molar-refractivity contribution is 6.08. The second kappa shape index (κ2) is 9.78. The number of ether oxygens (including phenoxy) is 3. The summed E-state index contributed by atoms with van der Waals surface area (Å²) in [4.78, 5) is 12.8. The predicted octanol–water partition coefficient (Wildman–Crippen LogP) is 4.72. The van der Waals surface area contributed by atoms with Crippen LogP contribution in [-0.2, 0) is 0 Å². The number of nitrogens with zero attached hydrogens (tertiary/aromatic N) is 1. The van der Waals surface area contributed by atoms with Crippen LogP contribution >= 0.6 is 0 Å². The summed E-state index contributed by atoms with van der Waals surface area (Å²) in [6.45, 7) is 4.50. The van der Waals surface area contributed by atoms with Crippen LogP contribution in [0.2, 0.25) is 0 Å². The molecule has 6 heteroatoms. The predicted molar refractivity (Wildman–Crippen MR) is 119 cm³/mol. The van der Waals surface area contributed by atoms with E-state index in [1.807, 2.05) is 50.2 Å². The van der Waals surface area contributed by atoms with Crippen molar-refractivity contribution in [1.82, 2.24) is 5.43 Å². The van der Waals surface area contributed by atoms with Crippen molar-refractivity contribution in [3.8, 4) is 17.2 Å². The van der Waals surface area contributed by atoms with Crippen LogP contribution in [0.1, 0.15) is 34.8 Å². The maximum absolute atomic E-state index is 12.8. The summed E-state index contributed by atoms with van der Waals surface area (Å²) in [5.74, 6) is 1.37. The molecule has 0 heterocycles. The quantitative estimate of drug-likeness (QED) is 0.434. The number of rotatable bonds is 8. The fraction of sp³-hybridized carbons (Fsp3) is 0.250. The molecular formula is C24H26N2O4. The Hall–Kier alpha value is -3.54. The van der Waals surface area contributed by atoms with E-state index in [0.717, 1.165) is 22.8 Å². The number of fused-ring (bicyclic) bond motifs is 1. The molecular weight excluding hydrogens is 380 g/mol. The molecule has 30 heavy (non-hydrogen) atoms. The lowest BCUT2D eigenvalue weighted by molar-refractivity contribution is 0.0956. The van der Waals surface area contributed by atoms with Crippen LogP contribution in [0.15, 0.2) is 53.6 Å². The van der Waals surface area contributed by atoms with Gasteiger partial charge in [-0.3, -0.25) is 4.79 Å². The van der Waals surface area contributed by atoms with Crippen molar-refractivity contribution in [1.29, 1.82) is 0 Å². The molecule has 3 rings (SSSR count). The Labute approximate surface area is 176 Å². The number of hydrazone groups is 1. The lowest BCUT2D eigenvalue weighted by Gasteiger charge is -2.14. The highest BCUT2D eigenvalue weighted by Gasteiger charge is 2.14. The molecule has 156 valence electrons. The van der Waals surface area contributed by atoms with Crippen LogP contribution in [0.25, 0.3) is 10.8 Å². The fourth-order valence-electron chi connectivity index (χ4n) is 3.22. The van der Waals surface area contributed by atoms with Crippen molar-refractivity contribution in [3.05, 3.63) is 65.2 Å². The molecule has 0 spiro atoms. The number of amides is 1. The van der Waals surface area contributed by atoms with Gasteiger partial charge in [-0.1, -0.05) is 43.3 Å². The average Bonchev–Trinajstić information content (AvgIpc) is 2.77.